The Morgan fingerprint density at radius 1 is 1.35 bits per heavy atom. The molecule has 2 rings (SSSR count). The molecule has 2 aromatic rings. The molecule has 0 bridgehead atoms. The maximum Gasteiger partial charge on any atom is 0.268 e. The third-order valence-corrected chi connectivity index (χ3v) is 4.21. The molecule has 7 nitrogen and oxygen atoms in total. The molecule has 1 aromatic heterocycles. The van der Waals surface area contributed by atoms with Crippen molar-refractivity contribution in [2.24, 2.45) is 0 Å². The summed E-state index contributed by atoms with van der Waals surface area (Å²) in [6, 6.07) is 7.11. The van der Waals surface area contributed by atoms with Crippen LogP contribution in [-0.4, -0.2) is 29.8 Å². The molecule has 1 amide bonds. The minimum atomic E-state index is -0.528. The van der Waals surface area contributed by atoms with Crippen molar-refractivity contribution in [3.05, 3.63) is 34.3 Å². The third kappa shape index (κ3) is 5.04. The van der Waals surface area contributed by atoms with Gasteiger partial charge in [0.15, 0.2) is 11.5 Å². The summed E-state index contributed by atoms with van der Waals surface area (Å²) in [6.45, 7) is 4.44. The van der Waals surface area contributed by atoms with Gasteiger partial charge in [0.1, 0.15) is 16.6 Å². The average Bonchev–Trinajstić information content (AvgIpc) is 3.08. The molecule has 1 heterocycles. The zero-order chi connectivity index (χ0) is 18.9. The second-order valence-electron chi connectivity index (χ2n) is 5.22. The summed E-state index contributed by atoms with van der Waals surface area (Å²) in [5, 5.41) is 21.1. The first kappa shape index (κ1) is 19.4. The lowest BCUT2D eigenvalue weighted by Crippen LogP contribution is -2.13. The summed E-state index contributed by atoms with van der Waals surface area (Å²) >= 11 is 1.31. The average molecular weight is 372 g/mol. The lowest BCUT2D eigenvalue weighted by molar-refractivity contribution is -0.112. The number of nitriles is 1. The van der Waals surface area contributed by atoms with Crippen LogP contribution in [-0.2, 0) is 11.2 Å². The zero-order valence-electron chi connectivity index (χ0n) is 14.9. The standard InChI is InChI=1S/C18H20N4O3S/c1-4-6-16-21-22-18(26-16)20-17(23)13(11-19)9-12-7-8-14(25-5-2)15(10-12)24-3/h7-10H,4-6H2,1-3H3,(H,20,22,23)/b13-9+. The minimum absolute atomic E-state index is 0.0385. The molecule has 0 spiro atoms. The topological polar surface area (TPSA) is 97.1 Å². The van der Waals surface area contributed by atoms with E-state index >= 15 is 0 Å². The largest absolute Gasteiger partial charge is 0.493 e. The van der Waals surface area contributed by atoms with Crippen LogP contribution in [0.4, 0.5) is 5.13 Å². The monoisotopic (exact) mass is 372 g/mol. The smallest absolute Gasteiger partial charge is 0.268 e. The second-order valence-corrected chi connectivity index (χ2v) is 6.28. The van der Waals surface area contributed by atoms with Crippen molar-refractivity contribution >= 4 is 28.5 Å². The molecule has 0 fully saturated rings. The normalized spacial score (nSPS) is 10.9. The lowest BCUT2D eigenvalue weighted by Gasteiger charge is -2.09. The predicted octanol–water partition coefficient (Wildman–Crippen LogP) is 3.44. The van der Waals surface area contributed by atoms with Crippen LogP contribution >= 0.6 is 11.3 Å². The SMILES string of the molecule is CCCc1nnc(NC(=O)/C(C#N)=C/c2ccc(OCC)c(OC)c2)s1. The van der Waals surface area contributed by atoms with Gasteiger partial charge in [-0.3, -0.25) is 10.1 Å². The summed E-state index contributed by atoms with van der Waals surface area (Å²) in [5.74, 6) is 0.610. The van der Waals surface area contributed by atoms with Crippen molar-refractivity contribution in [3.8, 4) is 17.6 Å². The summed E-state index contributed by atoms with van der Waals surface area (Å²) in [5.41, 5.74) is 0.615. The molecule has 0 aliphatic carbocycles. The lowest BCUT2D eigenvalue weighted by atomic mass is 10.1. The van der Waals surface area contributed by atoms with E-state index in [4.69, 9.17) is 9.47 Å². The number of rotatable bonds is 8. The number of nitrogens with zero attached hydrogens (tertiary/aromatic N) is 3. The van der Waals surface area contributed by atoms with Crippen LogP contribution in [0.15, 0.2) is 23.8 Å². The number of carbonyl (C=O) groups excluding carboxylic acids is 1. The number of hydrogen-bond donors (Lipinski definition) is 1. The Balaban J connectivity index is 2.18. The van der Waals surface area contributed by atoms with Crippen molar-refractivity contribution < 1.29 is 14.3 Å². The summed E-state index contributed by atoms with van der Waals surface area (Å²) in [4.78, 5) is 12.3. The fourth-order valence-electron chi connectivity index (χ4n) is 2.15. The van der Waals surface area contributed by atoms with Crippen LogP contribution in [0, 0.1) is 11.3 Å². The molecule has 26 heavy (non-hydrogen) atoms. The molecule has 8 heteroatoms. The molecule has 0 radical (unpaired) electrons. The second kappa shape index (κ2) is 9.53. The maximum atomic E-state index is 12.3. The molecule has 0 aliphatic heterocycles. The van der Waals surface area contributed by atoms with Gasteiger partial charge in [-0.1, -0.05) is 24.3 Å². The molecular formula is C18H20N4O3S. The number of aromatic nitrogens is 2. The van der Waals surface area contributed by atoms with Crippen molar-refractivity contribution in [1.82, 2.24) is 10.2 Å². The van der Waals surface area contributed by atoms with Gasteiger partial charge < -0.3 is 9.47 Å². The number of carbonyl (C=O) groups is 1. The number of amides is 1. The van der Waals surface area contributed by atoms with E-state index in [1.165, 1.54) is 24.5 Å². The van der Waals surface area contributed by atoms with Gasteiger partial charge in [0.25, 0.3) is 5.91 Å². The highest BCUT2D eigenvalue weighted by molar-refractivity contribution is 7.15. The Kier molecular flexibility index (Phi) is 7.12. The van der Waals surface area contributed by atoms with Gasteiger partial charge in [-0.05, 0) is 37.1 Å². The molecule has 0 aliphatic rings. The predicted molar refractivity (Wildman–Crippen MR) is 100 cm³/mol. The zero-order valence-corrected chi connectivity index (χ0v) is 15.7. The van der Waals surface area contributed by atoms with Gasteiger partial charge in [-0.25, -0.2) is 0 Å². The fraction of sp³-hybridized carbons (Fsp3) is 0.333. The van der Waals surface area contributed by atoms with E-state index in [1.807, 2.05) is 19.9 Å². The number of hydrogen-bond acceptors (Lipinski definition) is 7. The summed E-state index contributed by atoms with van der Waals surface area (Å²) in [6.07, 6.45) is 3.24. The Bertz CT molecular complexity index is 839. The van der Waals surface area contributed by atoms with Gasteiger partial charge in [0.2, 0.25) is 5.13 Å². The van der Waals surface area contributed by atoms with Gasteiger partial charge in [0.05, 0.1) is 13.7 Å². The fourth-order valence-corrected chi connectivity index (χ4v) is 2.98. The quantitative estimate of drug-likeness (QED) is 0.563. The molecular weight excluding hydrogens is 352 g/mol. The van der Waals surface area contributed by atoms with E-state index in [-0.39, 0.29) is 5.57 Å². The summed E-state index contributed by atoms with van der Waals surface area (Å²) < 4.78 is 10.7. The van der Waals surface area contributed by atoms with E-state index in [9.17, 15) is 10.1 Å². The summed E-state index contributed by atoms with van der Waals surface area (Å²) in [7, 11) is 1.53. The van der Waals surface area contributed by atoms with E-state index in [0.717, 1.165) is 17.8 Å². The van der Waals surface area contributed by atoms with E-state index in [1.54, 1.807) is 18.2 Å². The molecule has 1 aromatic carbocycles. The number of ether oxygens (including phenoxy) is 2. The highest BCUT2D eigenvalue weighted by atomic mass is 32.1. The Morgan fingerprint density at radius 2 is 2.15 bits per heavy atom. The van der Waals surface area contributed by atoms with Crippen LogP contribution in [0.2, 0.25) is 0 Å². The van der Waals surface area contributed by atoms with E-state index in [2.05, 4.69) is 15.5 Å². The van der Waals surface area contributed by atoms with Crippen molar-refractivity contribution in [2.45, 2.75) is 26.7 Å². The van der Waals surface area contributed by atoms with Crippen molar-refractivity contribution in [3.63, 3.8) is 0 Å². The Hall–Kier alpha value is -2.92. The first-order valence-electron chi connectivity index (χ1n) is 8.17. The number of anilines is 1. The van der Waals surface area contributed by atoms with Crippen LogP contribution < -0.4 is 14.8 Å². The van der Waals surface area contributed by atoms with Gasteiger partial charge in [-0.15, -0.1) is 10.2 Å². The Labute approximate surface area is 156 Å². The van der Waals surface area contributed by atoms with Gasteiger partial charge in [0, 0.05) is 6.42 Å². The number of benzene rings is 1. The molecule has 136 valence electrons. The van der Waals surface area contributed by atoms with Crippen LogP contribution in [0.3, 0.4) is 0 Å². The first-order chi connectivity index (χ1) is 12.6. The number of methoxy groups -OCH3 is 1. The highest BCUT2D eigenvalue weighted by Crippen LogP contribution is 2.29. The number of aryl methyl sites for hydroxylation is 1. The molecule has 0 saturated heterocycles. The van der Waals surface area contributed by atoms with Gasteiger partial charge in [-0.2, -0.15) is 5.26 Å². The number of nitrogens with one attached hydrogen (secondary N) is 1. The highest BCUT2D eigenvalue weighted by Gasteiger charge is 2.13. The van der Waals surface area contributed by atoms with Gasteiger partial charge >= 0.3 is 0 Å². The Morgan fingerprint density at radius 3 is 2.81 bits per heavy atom. The molecule has 1 N–H and O–H groups in total. The van der Waals surface area contributed by atoms with E-state index < -0.39 is 5.91 Å². The molecule has 0 atom stereocenters. The molecule has 0 unspecified atom stereocenters. The van der Waals surface area contributed by atoms with Crippen LogP contribution in [0.25, 0.3) is 6.08 Å². The van der Waals surface area contributed by atoms with Crippen LogP contribution in [0.1, 0.15) is 30.8 Å². The third-order valence-electron chi connectivity index (χ3n) is 3.31. The van der Waals surface area contributed by atoms with Crippen LogP contribution in [0.5, 0.6) is 11.5 Å². The van der Waals surface area contributed by atoms with Crippen molar-refractivity contribution in [2.75, 3.05) is 19.0 Å². The van der Waals surface area contributed by atoms with Crippen molar-refractivity contribution in [1.29, 1.82) is 5.26 Å². The molecule has 0 saturated carbocycles. The first-order valence-corrected chi connectivity index (χ1v) is 8.99. The minimum Gasteiger partial charge on any atom is -0.493 e. The van der Waals surface area contributed by atoms with E-state index in [0.29, 0.717) is 28.8 Å². The maximum absolute atomic E-state index is 12.3.